The summed E-state index contributed by atoms with van der Waals surface area (Å²) in [5, 5.41) is 2.50. The van der Waals surface area contributed by atoms with E-state index in [0.29, 0.717) is 27.7 Å². The number of hydrogen-bond donors (Lipinski definition) is 0. The Hall–Kier alpha value is -1.92. The number of nitrogens with zero attached hydrogens (tertiary/aromatic N) is 2. The van der Waals surface area contributed by atoms with Crippen molar-refractivity contribution in [2.24, 2.45) is 5.41 Å². The summed E-state index contributed by atoms with van der Waals surface area (Å²) in [6.07, 6.45) is 0.750. The van der Waals surface area contributed by atoms with Crippen LogP contribution in [-0.4, -0.2) is 21.1 Å². The number of rotatable bonds is 6. The minimum absolute atomic E-state index is 0.0216. The van der Waals surface area contributed by atoms with Crippen molar-refractivity contribution in [3.63, 3.8) is 0 Å². The van der Waals surface area contributed by atoms with Crippen molar-refractivity contribution in [2.45, 2.75) is 38.9 Å². The molecule has 3 aromatic rings. The molecule has 26 heavy (non-hydrogen) atoms. The molecule has 0 fully saturated rings. The topological polar surface area (TPSA) is 52.0 Å². The highest BCUT2D eigenvalue weighted by Gasteiger charge is 2.22. The molecule has 0 saturated heterocycles. The molecule has 2 aromatic heterocycles. The van der Waals surface area contributed by atoms with Crippen LogP contribution in [0.2, 0.25) is 0 Å². The van der Waals surface area contributed by atoms with E-state index in [1.54, 1.807) is 4.57 Å². The number of carbonyl (C=O) groups excluding carboxylic acids is 1. The number of aryl methyl sites for hydroxylation is 1. The molecule has 0 saturated carbocycles. The molecule has 0 radical (unpaired) electrons. The van der Waals surface area contributed by atoms with E-state index in [0.717, 1.165) is 6.42 Å². The summed E-state index contributed by atoms with van der Waals surface area (Å²) in [5.74, 6) is 0.466. The summed E-state index contributed by atoms with van der Waals surface area (Å²) in [5.41, 5.74) is 1.47. The summed E-state index contributed by atoms with van der Waals surface area (Å²) in [6, 6.07) is 11.9. The Kier molecular flexibility index (Phi) is 5.63. The zero-order valence-electron chi connectivity index (χ0n) is 15.2. The van der Waals surface area contributed by atoms with Crippen LogP contribution < -0.4 is 5.56 Å². The van der Waals surface area contributed by atoms with Crippen molar-refractivity contribution in [3.8, 4) is 0 Å². The maximum absolute atomic E-state index is 12.9. The highest BCUT2D eigenvalue weighted by Crippen LogP contribution is 2.24. The molecule has 0 bridgehead atoms. The van der Waals surface area contributed by atoms with Crippen LogP contribution >= 0.6 is 23.1 Å². The van der Waals surface area contributed by atoms with E-state index in [-0.39, 0.29) is 11.3 Å². The van der Waals surface area contributed by atoms with Crippen LogP contribution in [-0.2, 0) is 17.8 Å². The molecule has 0 aliphatic heterocycles. The molecule has 3 rings (SSSR count). The van der Waals surface area contributed by atoms with Gasteiger partial charge in [0.25, 0.3) is 5.56 Å². The lowest BCUT2D eigenvalue weighted by atomic mass is 9.92. The van der Waals surface area contributed by atoms with Crippen molar-refractivity contribution in [1.82, 2.24) is 9.55 Å². The van der Waals surface area contributed by atoms with Gasteiger partial charge >= 0.3 is 0 Å². The average Bonchev–Trinajstić information content (AvgIpc) is 3.08. The van der Waals surface area contributed by atoms with Crippen LogP contribution in [0.5, 0.6) is 0 Å². The first-order valence-electron chi connectivity index (χ1n) is 8.54. The van der Waals surface area contributed by atoms with Crippen LogP contribution in [0.1, 0.15) is 26.3 Å². The predicted octanol–water partition coefficient (Wildman–Crippen LogP) is 4.41. The summed E-state index contributed by atoms with van der Waals surface area (Å²) in [6.45, 7) is 6.28. The van der Waals surface area contributed by atoms with Crippen LogP contribution in [0.3, 0.4) is 0 Å². The number of benzene rings is 1. The number of aromatic nitrogens is 2. The van der Waals surface area contributed by atoms with Crippen molar-refractivity contribution >= 4 is 39.1 Å². The standard InChI is InChI=1S/C20H22N2O2S2/c1-20(2,3)16(23)13-26-19-21-15-10-12-25-17(15)18(24)22(19)11-9-14-7-5-4-6-8-14/h4-8,10,12H,9,11,13H2,1-3H3. The molecular formula is C20H22N2O2S2. The fourth-order valence-electron chi connectivity index (χ4n) is 2.46. The molecule has 4 nitrogen and oxygen atoms in total. The van der Waals surface area contributed by atoms with Gasteiger partial charge in [0, 0.05) is 12.0 Å². The lowest BCUT2D eigenvalue weighted by Crippen LogP contribution is -2.25. The second-order valence-electron chi connectivity index (χ2n) is 7.18. The van der Waals surface area contributed by atoms with Gasteiger partial charge in [-0.05, 0) is 23.4 Å². The molecule has 0 spiro atoms. The summed E-state index contributed by atoms with van der Waals surface area (Å²) in [4.78, 5) is 29.8. The van der Waals surface area contributed by atoms with E-state index >= 15 is 0 Å². The largest absolute Gasteiger partial charge is 0.298 e. The van der Waals surface area contributed by atoms with E-state index < -0.39 is 5.41 Å². The Morgan fingerprint density at radius 2 is 1.92 bits per heavy atom. The van der Waals surface area contributed by atoms with E-state index in [4.69, 9.17) is 0 Å². The van der Waals surface area contributed by atoms with E-state index in [1.165, 1.54) is 28.7 Å². The lowest BCUT2D eigenvalue weighted by molar-refractivity contribution is -0.123. The maximum Gasteiger partial charge on any atom is 0.272 e. The van der Waals surface area contributed by atoms with Crippen LogP contribution in [0.15, 0.2) is 51.7 Å². The molecule has 0 aliphatic rings. The molecule has 0 N–H and O–H groups in total. The van der Waals surface area contributed by atoms with E-state index in [1.807, 2.05) is 50.4 Å². The van der Waals surface area contributed by atoms with Crippen molar-refractivity contribution in [2.75, 3.05) is 5.75 Å². The zero-order valence-corrected chi connectivity index (χ0v) is 16.8. The minimum atomic E-state index is -0.394. The zero-order chi connectivity index (χ0) is 18.7. The van der Waals surface area contributed by atoms with Crippen LogP contribution in [0.25, 0.3) is 10.2 Å². The molecule has 136 valence electrons. The summed E-state index contributed by atoms with van der Waals surface area (Å²) < 4.78 is 2.39. The summed E-state index contributed by atoms with van der Waals surface area (Å²) >= 11 is 2.77. The molecular weight excluding hydrogens is 364 g/mol. The predicted molar refractivity (Wildman–Crippen MR) is 109 cm³/mol. The lowest BCUT2D eigenvalue weighted by Gasteiger charge is -2.17. The first-order chi connectivity index (χ1) is 12.4. The van der Waals surface area contributed by atoms with Gasteiger partial charge in [0.15, 0.2) is 5.16 Å². The maximum atomic E-state index is 12.9. The molecule has 1 aromatic carbocycles. The molecule has 2 heterocycles. The SMILES string of the molecule is CC(C)(C)C(=O)CSc1nc2ccsc2c(=O)n1CCc1ccccc1. The molecule has 0 unspecified atom stereocenters. The first kappa shape index (κ1) is 18.9. The van der Waals surface area contributed by atoms with Gasteiger partial charge in [0.1, 0.15) is 10.5 Å². The second-order valence-corrected chi connectivity index (χ2v) is 9.04. The number of fused-ring (bicyclic) bond motifs is 1. The number of thiophene rings is 1. The quantitative estimate of drug-likeness (QED) is 0.465. The van der Waals surface area contributed by atoms with Crippen LogP contribution in [0, 0.1) is 5.41 Å². The van der Waals surface area contributed by atoms with Gasteiger partial charge < -0.3 is 0 Å². The van der Waals surface area contributed by atoms with Gasteiger partial charge in [-0.1, -0.05) is 62.9 Å². The van der Waals surface area contributed by atoms with E-state index in [9.17, 15) is 9.59 Å². The third kappa shape index (κ3) is 4.24. The van der Waals surface area contributed by atoms with E-state index in [2.05, 4.69) is 17.1 Å². The van der Waals surface area contributed by atoms with Gasteiger partial charge in [-0.2, -0.15) is 0 Å². The molecule has 0 aliphatic carbocycles. The van der Waals surface area contributed by atoms with Crippen molar-refractivity contribution in [3.05, 3.63) is 57.7 Å². The average molecular weight is 387 g/mol. The fraction of sp³-hybridized carbons (Fsp3) is 0.350. The van der Waals surface area contributed by atoms with Gasteiger partial charge in [-0.3, -0.25) is 14.2 Å². The van der Waals surface area contributed by atoms with Gasteiger partial charge in [-0.25, -0.2) is 4.98 Å². The van der Waals surface area contributed by atoms with Crippen LogP contribution in [0.4, 0.5) is 0 Å². The van der Waals surface area contributed by atoms with Gasteiger partial charge in [0.2, 0.25) is 0 Å². The molecule has 0 amide bonds. The number of thioether (sulfide) groups is 1. The Morgan fingerprint density at radius 3 is 2.62 bits per heavy atom. The minimum Gasteiger partial charge on any atom is -0.298 e. The normalized spacial score (nSPS) is 11.8. The van der Waals surface area contributed by atoms with Gasteiger partial charge in [-0.15, -0.1) is 11.3 Å². The Labute approximate surface area is 161 Å². The Bertz CT molecular complexity index is 969. The van der Waals surface area contributed by atoms with Crippen molar-refractivity contribution < 1.29 is 4.79 Å². The van der Waals surface area contributed by atoms with Gasteiger partial charge in [0.05, 0.1) is 11.3 Å². The Balaban J connectivity index is 1.90. The third-order valence-electron chi connectivity index (χ3n) is 4.17. The monoisotopic (exact) mass is 386 g/mol. The molecule has 6 heteroatoms. The van der Waals surface area contributed by atoms with Crippen molar-refractivity contribution in [1.29, 1.82) is 0 Å². The fourth-order valence-corrected chi connectivity index (χ4v) is 4.43. The third-order valence-corrected chi connectivity index (χ3v) is 6.03. The highest BCUT2D eigenvalue weighted by atomic mass is 32.2. The number of carbonyl (C=O) groups is 1. The molecule has 0 atom stereocenters. The first-order valence-corrected chi connectivity index (χ1v) is 10.4. The second kappa shape index (κ2) is 7.76. The number of ketones is 1. The smallest absolute Gasteiger partial charge is 0.272 e. The number of hydrogen-bond acceptors (Lipinski definition) is 5. The summed E-state index contributed by atoms with van der Waals surface area (Å²) in [7, 11) is 0. The Morgan fingerprint density at radius 1 is 1.19 bits per heavy atom. The highest BCUT2D eigenvalue weighted by molar-refractivity contribution is 7.99. The number of Topliss-reactive ketones (excluding diaryl/α,β-unsaturated/α-hetero) is 1.